The van der Waals surface area contributed by atoms with Crippen molar-refractivity contribution in [3.63, 3.8) is 0 Å². The van der Waals surface area contributed by atoms with Gasteiger partial charge in [0.25, 0.3) is 11.5 Å². The Bertz CT molecular complexity index is 1160. The summed E-state index contributed by atoms with van der Waals surface area (Å²) in [5.74, 6) is 0.478. The van der Waals surface area contributed by atoms with Crippen LogP contribution in [-0.4, -0.2) is 42.2 Å². The number of ether oxygens (including phenoxy) is 2. The molecule has 1 aliphatic rings. The third-order valence-corrected chi connectivity index (χ3v) is 5.78. The number of H-pyrrole nitrogens is 1. The van der Waals surface area contributed by atoms with Gasteiger partial charge in [-0.05, 0) is 68.0 Å². The molecule has 0 bridgehead atoms. The van der Waals surface area contributed by atoms with Gasteiger partial charge in [-0.3, -0.25) is 9.59 Å². The second-order valence-corrected chi connectivity index (χ2v) is 8.22. The van der Waals surface area contributed by atoms with Crippen molar-refractivity contribution in [2.45, 2.75) is 39.3 Å². The first-order valence-corrected chi connectivity index (χ1v) is 10.6. The molecule has 6 heteroatoms. The molecule has 162 valence electrons. The molecular formula is C25H28N2O4. The normalized spacial score (nSPS) is 15.9. The Morgan fingerprint density at radius 1 is 1.23 bits per heavy atom. The molecule has 2 aromatic carbocycles. The lowest BCUT2D eigenvalue weighted by Gasteiger charge is -2.26. The topological polar surface area (TPSA) is 71.6 Å². The Morgan fingerprint density at radius 3 is 2.81 bits per heavy atom. The summed E-state index contributed by atoms with van der Waals surface area (Å²) in [5.41, 5.74) is 3.92. The van der Waals surface area contributed by atoms with Crippen molar-refractivity contribution < 1.29 is 14.3 Å². The van der Waals surface area contributed by atoms with Gasteiger partial charge in [-0.15, -0.1) is 0 Å². The quantitative estimate of drug-likeness (QED) is 0.655. The fraction of sp³-hybridized carbons (Fsp3) is 0.360. The summed E-state index contributed by atoms with van der Waals surface area (Å²) in [6, 6.07) is 13.1. The van der Waals surface area contributed by atoms with Gasteiger partial charge < -0.3 is 19.4 Å². The molecule has 1 atom stereocenters. The second kappa shape index (κ2) is 8.94. The average Bonchev–Trinajstić information content (AvgIpc) is 3.27. The summed E-state index contributed by atoms with van der Waals surface area (Å²) in [6.45, 7) is 5.39. The molecule has 0 spiro atoms. The van der Waals surface area contributed by atoms with E-state index in [4.69, 9.17) is 9.47 Å². The molecule has 1 saturated heterocycles. The maximum Gasteiger partial charge on any atom is 0.254 e. The number of nitrogens with zero attached hydrogens (tertiary/aromatic N) is 1. The minimum atomic E-state index is -0.171. The fourth-order valence-corrected chi connectivity index (χ4v) is 4.25. The van der Waals surface area contributed by atoms with Gasteiger partial charge in [-0.2, -0.15) is 0 Å². The fourth-order valence-electron chi connectivity index (χ4n) is 4.25. The van der Waals surface area contributed by atoms with Crippen LogP contribution in [-0.2, 0) is 11.3 Å². The number of aromatic amines is 1. The van der Waals surface area contributed by atoms with Gasteiger partial charge >= 0.3 is 0 Å². The Labute approximate surface area is 181 Å². The van der Waals surface area contributed by atoms with E-state index in [-0.39, 0.29) is 24.1 Å². The first-order chi connectivity index (χ1) is 14.9. The van der Waals surface area contributed by atoms with Crippen LogP contribution < -0.4 is 10.3 Å². The smallest absolute Gasteiger partial charge is 0.254 e. The van der Waals surface area contributed by atoms with Crippen LogP contribution in [0.3, 0.4) is 0 Å². The highest BCUT2D eigenvalue weighted by Crippen LogP contribution is 2.21. The molecule has 0 saturated carbocycles. The number of nitrogens with one attached hydrogen (secondary N) is 1. The van der Waals surface area contributed by atoms with E-state index >= 15 is 0 Å². The number of pyridine rings is 1. The summed E-state index contributed by atoms with van der Waals surface area (Å²) >= 11 is 0. The van der Waals surface area contributed by atoms with E-state index in [1.807, 2.05) is 26.0 Å². The number of aryl methyl sites for hydroxylation is 2. The number of fused-ring (bicyclic) bond motifs is 1. The molecule has 3 aromatic rings. The molecule has 31 heavy (non-hydrogen) atoms. The van der Waals surface area contributed by atoms with Gasteiger partial charge in [0.05, 0.1) is 25.3 Å². The van der Waals surface area contributed by atoms with Crippen molar-refractivity contribution in [2.24, 2.45) is 0 Å². The van der Waals surface area contributed by atoms with E-state index in [0.29, 0.717) is 30.0 Å². The minimum Gasteiger partial charge on any atom is -0.497 e. The molecule has 0 aliphatic carbocycles. The highest BCUT2D eigenvalue weighted by atomic mass is 16.5. The van der Waals surface area contributed by atoms with Crippen molar-refractivity contribution >= 4 is 16.8 Å². The van der Waals surface area contributed by atoms with Crippen LogP contribution in [0, 0.1) is 13.8 Å². The van der Waals surface area contributed by atoms with Crippen LogP contribution >= 0.6 is 0 Å². The first-order valence-electron chi connectivity index (χ1n) is 10.6. The van der Waals surface area contributed by atoms with Crippen molar-refractivity contribution in [1.29, 1.82) is 0 Å². The van der Waals surface area contributed by atoms with Gasteiger partial charge in [0.2, 0.25) is 0 Å². The summed E-state index contributed by atoms with van der Waals surface area (Å²) in [7, 11) is 1.58. The molecule has 1 aromatic heterocycles. The molecule has 2 heterocycles. The van der Waals surface area contributed by atoms with Crippen LogP contribution in [0.4, 0.5) is 0 Å². The van der Waals surface area contributed by atoms with Gasteiger partial charge in [0, 0.05) is 24.3 Å². The van der Waals surface area contributed by atoms with Crippen molar-refractivity contribution in [3.8, 4) is 5.75 Å². The molecule has 1 unspecified atom stereocenters. The Kier molecular flexibility index (Phi) is 6.09. The number of methoxy groups -OCH3 is 1. The molecule has 1 aliphatic heterocycles. The van der Waals surface area contributed by atoms with Gasteiger partial charge in [-0.25, -0.2) is 0 Å². The number of carbonyl (C=O) groups excluding carboxylic acids is 1. The summed E-state index contributed by atoms with van der Waals surface area (Å²) in [6.07, 6.45) is 1.88. The molecule has 0 radical (unpaired) electrons. The minimum absolute atomic E-state index is 0.0152. The number of hydrogen-bond donors (Lipinski definition) is 1. The first kappa shape index (κ1) is 21.1. The van der Waals surface area contributed by atoms with Gasteiger partial charge in [0.1, 0.15) is 5.75 Å². The number of hydrogen-bond acceptors (Lipinski definition) is 4. The van der Waals surface area contributed by atoms with Crippen LogP contribution in [0.5, 0.6) is 5.75 Å². The van der Waals surface area contributed by atoms with E-state index in [1.54, 1.807) is 36.3 Å². The third-order valence-electron chi connectivity index (χ3n) is 5.78. The summed E-state index contributed by atoms with van der Waals surface area (Å²) in [5, 5.41) is 0.970. The largest absolute Gasteiger partial charge is 0.497 e. The number of amides is 1. The van der Waals surface area contributed by atoms with Crippen LogP contribution in [0.2, 0.25) is 0 Å². The standard InChI is InChI=1S/C25H28N2O4/c1-16-10-17(2)23-19(11-16)12-20(24(28)26-23)14-27(15-22-8-5-9-31-22)25(29)18-6-4-7-21(13-18)30-3/h4,6-7,10-13,22H,5,8-9,14-15H2,1-3H3,(H,26,28). The van der Waals surface area contributed by atoms with Gasteiger partial charge in [0.15, 0.2) is 0 Å². The van der Waals surface area contributed by atoms with Crippen molar-refractivity contribution in [2.75, 3.05) is 20.3 Å². The van der Waals surface area contributed by atoms with E-state index in [9.17, 15) is 9.59 Å². The number of rotatable bonds is 6. The Hall–Kier alpha value is -3.12. The summed E-state index contributed by atoms with van der Waals surface area (Å²) < 4.78 is 11.1. The zero-order chi connectivity index (χ0) is 22.0. The van der Waals surface area contributed by atoms with E-state index < -0.39 is 0 Å². The lowest BCUT2D eigenvalue weighted by atomic mass is 10.0. The molecule has 1 N–H and O–H groups in total. The third kappa shape index (κ3) is 4.64. The average molecular weight is 421 g/mol. The van der Waals surface area contributed by atoms with Crippen molar-refractivity contribution in [3.05, 3.63) is 75.1 Å². The predicted molar refractivity (Wildman–Crippen MR) is 121 cm³/mol. The maximum atomic E-state index is 13.4. The maximum absolute atomic E-state index is 13.4. The zero-order valence-corrected chi connectivity index (χ0v) is 18.2. The second-order valence-electron chi connectivity index (χ2n) is 8.22. The summed E-state index contributed by atoms with van der Waals surface area (Å²) in [4.78, 5) is 31.0. The predicted octanol–water partition coefficient (Wildman–Crippen LogP) is 3.97. The van der Waals surface area contributed by atoms with Crippen LogP contribution in [0.25, 0.3) is 10.9 Å². The Morgan fingerprint density at radius 2 is 2.06 bits per heavy atom. The number of benzene rings is 2. The van der Waals surface area contributed by atoms with Crippen LogP contribution in [0.1, 0.15) is 39.9 Å². The molecule has 1 amide bonds. The van der Waals surface area contributed by atoms with E-state index in [1.165, 1.54) is 0 Å². The SMILES string of the molecule is COc1cccc(C(=O)N(Cc2cc3cc(C)cc(C)c3[nH]c2=O)CC2CCCO2)c1. The Balaban J connectivity index is 1.69. The number of aromatic nitrogens is 1. The van der Waals surface area contributed by atoms with E-state index in [2.05, 4.69) is 11.1 Å². The molecule has 4 rings (SSSR count). The highest BCUT2D eigenvalue weighted by molar-refractivity contribution is 5.94. The van der Waals surface area contributed by atoms with E-state index in [0.717, 1.165) is 34.9 Å². The van der Waals surface area contributed by atoms with Gasteiger partial charge in [-0.1, -0.05) is 17.7 Å². The molecule has 6 nitrogen and oxygen atoms in total. The zero-order valence-electron chi connectivity index (χ0n) is 18.2. The lowest BCUT2D eigenvalue weighted by Crippen LogP contribution is -2.38. The van der Waals surface area contributed by atoms with Crippen LogP contribution in [0.15, 0.2) is 47.3 Å². The monoisotopic (exact) mass is 420 g/mol. The highest BCUT2D eigenvalue weighted by Gasteiger charge is 2.25. The van der Waals surface area contributed by atoms with Crippen molar-refractivity contribution in [1.82, 2.24) is 9.88 Å². The molecular weight excluding hydrogens is 392 g/mol. The molecule has 1 fully saturated rings. The lowest BCUT2D eigenvalue weighted by molar-refractivity contribution is 0.0506. The number of carbonyl (C=O) groups is 1.